The van der Waals surface area contributed by atoms with Gasteiger partial charge in [0, 0.05) is 22.7 Å². The Bertz CT molecular complexity index is 1310. The molecule has 3 aromatic carbocycles. The summed E-state index contributed by atoms with van der Waals surface area (Å²) < 4.78 is 5.89. The van der Waals surface area contributed by atoms with E-state index in [0.29, 0.717) is 22.6 Å². The van der Waals surface area contributed by atoms with E-state index in [-0.39, 0.29) is 28.1 Å². The second-order valence-corrected chi connectivity index (χ2v) is 9.89. The molecule has 35 heavy (non-hydrogen) atoms. The molecule has 1 saturated heterocycles. The first-order valence-corrected chi connectivity index (χ1v) is 11.9. The normalized spacial score (nSPS) is 23.4. The van der Waals surface area contributed by atoms with E-state index < -0.39 is 23.4 Å². The van der Waals surface area contributed by atoms with E-state index in [1.807, 2.05) is 31.2 Å². The summed E-state index contributed by atoms with van der Waals surface area (Å²) >= 11 is 13.1. The predicted octanol–water partition coefficient (Wildman–Crippen LogP) is 5.40. The molecule has 0 unspecified atom stereocenters. The Hall–Kier alpha value is -3.13. The Morgan fingerprint density at radius 2 is 1.80 bits per heavy atom. The van der Waals surface area contributed by atoms with E-state index >= 15 is 0 Å². The molecule has 7 nitrogen and oxygen atoms in total. The number of anilines is 1. The number of aryl methyl sites for hydroxylation is 1. The molecule has 1 spiro atoms. The number of rotatable bonds is 5. The summed E-state index contributed by atoms with van der Waals surface area (Å²) in [6.45, 7) is 2.57. The molecule has 1 amide bonds. The van der Waals surface area contributed by atoms with Crippen molar-refractivity contribution in [1.29, 1.82) is 0 Å². The van der Waals surface area contributed by atoms with Gasteiger partial charge in [-0.15, -0.1) is 0 Å². The van der Waals surface area contributed by atoms with Gasteiger partial charge in [-0.1, -0.05) is 71.2 Å². The van der Waals surface area contributed by atoms with Crippen molar-refractivity contribution in [3.8, 4) is 5.75 Å². The van der Waals surface area contributed by atoms with Crippen molar-refractivity contribution >= 4 is 34.8 Å². The molecule has 9 heteroatoms. The number of likely N-dealkylation sites (tertiary alicyclic amines) is 1. The Labute approximate surface area is 212 Å². The fourth-order valence-electron chi connectivity index (χ4n) is 5.35. The number of amides is 1. The second-order valence-electron chi connectivity index (χ2n) is 9.07. The number of nitrogens with one attached hydrogen (secondary N) is 1. The van der Waals surface area contributed by atoms with Crippen LogP contribution in [0.15, 0.2) is 60.7 Å². The second kappa shape index (κ2) is 8.82. The average molecular weight is 512 g/mol. The molecule has 2 heterocycles. The van der Waals surface area contributed by atoms with Crippen molar-refractivity contribution in [3.05, 3.63) is 103 Å². The number of likely N-dealkylation sites (N-methyl/N-ethyl adjacent to an activating group) is 1. The van der Waals surface area contributed by atoms with Crippen LogP contribution in [0.2, 0.25) is 10.0 Å². The number of carbonyl (C=O) groups excluding carboxylic acids is 1. The third-order valence-corrected chi connectivity index (χ3v) is 7.56. The number of nitro groups is 1. The minimum absolute atomic E-state index is 0.265. The predicted molar refractivity (Wildman–Crippen MR) is 135 cm³/mol. The smallest absolute Gasteiger partial charge is 0.256 e. The molecule has 2 aliphatic rings. The third kappa shape index (κ3) is 3.75. The highest BCUT2D eigenvalue weighted by atomic mass is 35.5. The molecule has 3 aromatic rings. The van der Waals surface area contributed by atoms with E-state index in [0.717, 1.165) is 11.1 Å². The van der Waals surface area contributed by atoms with Crippen LogP contribution in [-0.4, -0.2) is 35.4 Å². The van der Waals surface area contributed by atoms with Crippen molar-refractivity contribution in [3.63, 3.8) is 0 Å². The van der Waals surface area contributed by atoms with Crippen LogP contribution >= 0.6 is 23.2 Å². The molecule has 2 aliphatic heterocycles. The first-order chi connectivity index (χ1) is 16.7. The quantitative estimate of drug-likeness (QED) is 0.366. The van der Waals surface area contributed by atoms with Gasteiger partial charge < -0.3 is 10.1 Å². The van der Waals surface area contributed by atoms with Crippen molar-refractivity contribution < 1.29 is 14.5 Å². The molecule has 3 atom stereocenters. The van der Waals surface area contributed by atoms with Gasteiger partial charge in [0.25, 0.3) is 11.9 Å². The summed E-state index contributed by atoms with van der Waals surface area (Å²) in [6.07, 6.45) is 0. The van der Waals surface area contributed by atoms with Gasteiger partial charge in [-0.25, -0.2) is 0 Å². The van der Waals surface area contributed by atoms with Gasteiger partial charge in [0.1, 0.15) is 6.61 Å². The lowest BCUT2D eigenvalue weighted by atomic mass is 9.79. The van der Waals surface area contributed by atoms with Crippen LogP contribution in [0.25, 0.3) is 0 Å². The fourth-order valence-corrected chi connectivity index (χ4v) is 5.96. The lowest BCUT2D eigenvalue weighted by Crippen LogP contribution is -2.54. The lowest BCUT2D eigenvalue weighted by molar-refractivity contribution is -0.534. The van der Waals surface area contributed by atoms with E-state index in [1.165, 1.54) is 0 Å². The highest BCUT2D eigenvalue weighted by molar-refractivity contribution is 6.37. The molecular formula is C26H23Cl2N3O4. The molecule has 180 valence electrons. The van der Waals surface area contributed by atoms with Crippen molar-refractivity contribution in [1.82, 2.24) is 4.90 Å². The SMILES string of the molecule is Cc1ccc(COc2c(Cl)cc([C@@H]3CN(C)[C@@]4(C(=O)Nc5ccccc54)[C@H]3[N+](=O)[O-])cc2Cl)cc1. The largest absolute Gasteiger partial charge is 0.486 e. The van der Waals surface area contributed by atoms with Crippen molar-refractivity contribution in [2.45, 2.75) is 31.0 Å². The zero-order valence-corrected chi connectivity index (χ0v) is 20.6. The van der Waals surface area contributed by atoms with Crippen LogP contribution in [0, 0.1) is 17.0 Å². The van der Waals surface area contributed by atoms with Crippen LogP contribution in [0.1, 0.15) is 28.2 Å². The molecular weight excluding hydrogens is 489 g/mol. The van der Waals surface area contributed by atoms with Crippen LogP contribution in [0.3, 0.4) is 0 Å². The molecule has 0 radical (unpaired) electrons. The van der Waals surface area contributed by atoms with Gasteiger partial charge in [0.2, 0.25) is 0 Å². The zero-order chi connectivity index (χ0) is 24.9. The first kappa shape index (κ1) is 23.6. The number of hydrogen-bond donors (Lipinski definition) is 1. The third-order valence-electron chi connectivity index (χ3n) is 6.99. The molecule has 0 saturated carbocycles. The lowest BCUT2D eigenvalue weighted by Gasteiger charge is -2.30. The Morgan fingerprint density at radius 3 is 2.46 bits per heavy atom. The summed E-state index contributed by atoms with van der Waals surface area (Å²) in [6, 6.07) is 17.1. The maximum Gasteiger partial charge on any atom is 0.256 e. The van der Waals surface area contributed by atoms with Crippen molar-refractivity contribution in [2.24, 2.45) is 0 Å². The summed E-state index contributed by atoms with van der Waals surface area (Å²) in [7, 11) is 1.74. The first-order valence-electron chi connectivity index (χ1n) is 11.2. The fraction of sp³-hybridized carbons (Fsp3) is 0.269. The Kier molecular flexibility index (Phi) is 5.95. The number of ether oxygens (including phenoxy) is 1. The van der Waals surface area contributed by atoms with Crippen LogP contribution in [-0.2, 0) is 16.9 Å². The van der Waals surface area contributed by atoms with E-state index in [9.17, 15) is 14.9 Å². The maximum absolute atomic E-state index is 13.3. The molecule has 0 bridgehead atoms. The van der Waals surface area contributed by atoms with Gasteiger partial charge >= 0.3 is 0 Å². The molecule has 1 N–H and O–H groups in total. The maximum atomic E-state index is 13.3. The number of hydrogen-bond acceptors (Lipinski definition) is 5. The summed E-state index contributed by atoms with van der Waals surface area (Å²) in [5.74, 6) is -0.700. The minimum Gasteiger partial charge on any atom is -0.486 e. The molecule has 5 rings (SSSR count). The van der Waals surface area contributed by atoms with E-state index in [2.05, 4.69) is 5.32 Å². The van der Waals surface area contributed by atoms with Gasteiger partial charge in [-0.05, 0) is 43.3 Å². The number of para-hydroxylation sites is 1. The van der Waals surface area contributed by atoms with Gasteiger partial charge in [0.15, 0.2) is 11.3 Å². The van der Waals surface area contributed by atoms with E-state index in [4.69, 9.17) is 27.9 Å². The average Bonchev–Trinajstić information content (AvgIpc) is 3.29. The van der Waals surface area contributed by atoms with Crippen molar-refractivity contribution in [2.75, 3.05) is 18.9 Å². The number of fused-ring (bicyclic) bond motifs is 2. The van der Waals surface area contributed by atoms with Gasteiger partial charge in [-0.2, -0.15) is 0 Å². The standard InChI is InChI=1S/C26H23Cl2N3O4/c1-15-7-9-16(10-8-15)14-35-23-20(27)11-17(12-21(23)28)18-13-30(2)26(24(18)31(33)34)19-5-3-4-6-22(19)29-25(26)32/h3-12,18,24H,13-14H2,1-2H3,(H,29,32)/t18-,24-,26+/m0/s1. The summed E-state index contributed by atoms with van der Waals surface area (Å²) in [5, 5.41) is 15.8. The number of benzene rings is 3. The molecule has 1 fully saturated rings. The van der Waals surface area contributed by atoms with Crippen LogP contribution < -0.4 is 10.1 Å². The molecule has 0 aliphatic carbocycles. The number of carbonyl (C=O) groups is 1. The van der Waals surface area contributed by atoms with Crippen LogP contribution in [0.4, 0.5) is 5.69 Å². The van der Waals surface area contributed by atoms with Gasteiger partial charge in [-0.3, -0.25) is 19.8 Å². The minimum atomic E-state index is -1.43. The topological polar surface area (TPSA) is 84.7 Å². The Morgan fingerprint density at radius 1 is 1.14 bits per heavy atom. The highest BCUT2D eigenvalue weighted by Crippen LogP contribution is 2.52. The zero-order valence-electron chi connectivity index (χ0n) is 19.1. The highest BCUT2D eigenvalue weighted by Gasteiger charge is 2.68. The van der Waals surface area contributed by atoms with Gasteiger partial charge in [0.05, 0.1) is 16.0 Å². The number of nitrogens with zero attached hydrogens (tertiary/aromatic N) is 2. The van der Waals surface area contributed by atoms with E-state index in [1.54, 1.807) is 48.3 Å². The number of halogens is 2. The summed E-state index contributed by atoms with van der Waals surface area (Å²) in [5.41, 5.74) is 2.47. The van der Waals surface area contributed by atoms with Crippen LogP contribution in [0.5, 0.6) is 5.75 Å². The molecule has 0 aromatic heterocycles. The Balaban J connectivity index is 1.50. The monoisotopic (exact) mass is 511 g/mol. The summed E-state index contributed by atoms with van der Waals surface area (Å²) in [4.78, 5) is 27.1.